The Balaban J connectivity index is 2.51. The van der Waals surface area contributed by atoms with E-state index in [1.165, 1.54) is 4.88 Å². The van der Waals surface area contributed by atoms with E-state index in [2.05, 4.69) is 17.2 Å². The molecule has 0 spiro atoms. The van der Waals surface area contributed by atoms with Gasteiger partial charge in [0.15, 0.2) is 5.13 Å². The second kappa shape index (κ2) is 5.29. The predicted octanol–water partition coefficient (Wildman–Crippen LogP) is 1.33. The summed E-state index contributed by atoms with van der Waals surface area (Å²) in [5, 5.41) is 3.98. The van der Waals surface area contributed by atoms with E-state index in [4.69, 9.17) is 10.5 Å². The van der Waals surface area contributed by atoms with E-state index in [0.29, 0.717) is 11.2 Å². The highest BCUT2D eigenvalue weighted by molar-refractivity contribution is 7.15. The summed E-state index contributed by atoms with van der Waals surface area (Å²) in [4.78, 5) is 5.39. The maximum atomic E-state index is 5.63. The number of anilines is 1. The van der Waals surface area contributed by atoms with E-state index in [0.717, 1.165) is 18.8 Å². The van der Waals surface area contributed by atoms with Crippen LogP contribution in [-0.4, -0.2) is 25.2 Å². The van der Waals surface area contributed by atoms with Crippen molar-refractivity contribution in [2.24, 2.45) is 0 Å². The average molecular weight is 215 g/mol. The lowest BCUT2D eigenvalue weighted by atomic mass is 10.2. The van der Waals surface area contributed by atoms with Crippen LogP contribution in [-0.2, 0) is 4.74 Å². The van der Waals surface area contributed by atoms with Gasteiger partial charge in [0, 0.05) is 24.6 Å². The number of nitrogens with two attached hydrogens (primary N) is 1. The van der Waals surface area contributed by atoms with Gasteiger partial charge in [0.25, 0.3) is 0 Å². The minimum absolute atomic E-state index is 0.292. The van der Waals surface area contributed by atoms with Gasteiger partial charge in [-0.05, 0) is 13.8 Å². The third kappa shape index (κ3) is 2.94. The van der Waals surface area contributed by atoms with Crippen LogP contribution in [0, 0.1) is 6.92 Å². The quantitative estimate of drug-likeness (QED) is 0.727. The van der Waals surface area contributed by atoms with Gasteiger partial charge in [-0.2, -0.15) is 0 Å². The van der Waals surface area contributed by atoms with Gasteiger partial charge in [-0.3, -0.25) is 0 Å². The molecule has 1 rings (SSSR count). The molecule has 0 radical (unpaired) electrons. The van der Waals surface area contributed by atoms with Gasteiger partial charge in [-0.15, -0.1) is 11.3 Å². The Kier molecular flexibility index (Phi) is 4.31. The molecule has 0 fully saturated rings. The summed E-state index contributed by atoms with van der Waals surface area (Å²) < 4.78 is 4.96. The average Bonchev–Trinajstić information content (AvgIpc) is 2.45. The third-order valence-electron chi connectivity index (χ3n) is 2.00. The predicted molar refractivity (Wildman–Crippen MR) is 59.6 cm³/mol. The molecule has 0 saturated heterocycles. The van der Waals surface area contributed by atoms with Crippen LogP contribution in [0.3, 0.4) is 0 Å². The minimum atomic E-state index is 0.292. The van der Waals surface area contributed by atoms with Crippen LogP contribution < -0.4 is 11.1 Å². The van der Waals surface area contributed by atoms with Crippen LogP contribution in [0.4, 0.5) is 5.13 Å². The van der Waals surface area contributed by atoms with E-state index in [1.807, 2.05) is 6.92 Å². The molecule has 0 aromatic carbocycles. The molecule has 80 valence electrons. The monoisotopic (exact) mass is 215 g/mol. The van der Waals surface area contributed by atoms with Crippen molar-refractivity contribution >= 4 is 16.5 Å². The number of methoxy groups -OCH3 is 1. The number of rotatable bonds is 5. The highest BCUT2D eigenvalue weighted by Gasteiger charge is 2.11. The van der Waals surface area contributed by atoms with E-state index in [1.54, 1.807) is 18.4 Å². The molecule has 0 aliphatic carbocycles. The molecule has 1 unspecified atom stereocenters. The van der Waals surface area contributed by atoms with Crippen molar-refractivity contribution in [3.05, 3.63) is 10.6 Å². The first-order valence-electron chi connectivity index (χ1n) is 4.60. The standard InChI is InChI=1S/C9H17N3OS/c1-6(11-4-5-13-3)8-7(2)12-9(10)14-8/h6,11H,4-5H2,1-3H3,(H2,10,12). The lowest BCUT2D eigenvalue weighted by Gasteiger charge is -2.11. The molecule has 14 heavy (non-hydrogen) atoms. The Morgan fingerprint density at radius 2 is 2.36 bits per heavy atom. The molecule has 0 bridgehead atoms. The highest BCUT2D eigenvalue weighted by atomic mass is 32.1. The molecular weight excluding hydrogens is 198 g/mol. The summed E-state index contributed by atoms with van der Waals surface area (Å²) in [5.74, 6) is 0. The molecule has 1 aromatic rings. The molecule has 0 aliphatic rings. The number of thiazole rings is 1. The fraction of sp³-hybridized carbons (Fsp3) is 0.667. The van der Waals surface area contributed by atoms with Crippen molar-refractivity contribution in [3.63, 3.8) is 0 Å². The molecule has 3 N–H and O–H groups in total. The molecule has 0 saturated carbocycles. The van der Waals surface area contributed by atoms with Crippen molar-refractivity contribution in [1.82, 2.24) is 10.3 Å². The second-order valence-corrected chi connectivity index (χ2v) is 4.23. The molecule has 1 aromatic heterocycles. The molecule has 4 nitrogen and oxygen atoms in total. The Labute approximate surface area is 88.5 Å². The summed E-state index contributed by atoms with van der Waals surface area (Å²) in [5.41, 5.74) is 6.65. The van der Waals surface area contributed by atoms with Gasteiger partial charge in [-0.25, -0.2) is 4.98 Å². The number of ether oxygens (including phenoxy) is 1. The van der Waals surface area contributed by atoms with Gasteiger partial charge in [-0.1, -0.05) is 0 Å². The zero-order valence-corrected chi connectivity index (χ0v) is 9.65. The number of aryl methyl sites for hydroxylation is 1. The number of nitrogens with one attached hydrogen (secondary N) is 1. The minimum Gasteiger partial charge on any atom is -0.383 e. The molecule has 0 amide bonds. The lowest BCUT2D eigenvalue weighted by Crippen LogP contribution is -2.22. The summed E-state index contributed by atoms with van der Waals surface area (Å²) >= 11 is 1.54. The van der Waals surface area contributed by atoms with Crippen LogP contribution in [0.1, 0.15) is 23.5 Å². The largest absolute Gasteiger partial charge is 0.383 e. The van der Waals surface area contributed by atoms with Crippen molar-refractivity contribution in [3.8, 4) is 0 Å². The first-order valence-corrected chi connectivity index (χ1v) is 5.42. The Morgan fingerprint density at radius 1 is 1.64 bits per heavy atom. The van der Waals surface area contributed by atoms with Crippen LogP contribution in [0.15, 0.2) is 0 Å². The number of hydrogen-bond donors (Lipinski definition) is 2. The molecular formula is C9H17N3OS. The zero-order chi connectivity index (χ0) is 10.6. The number of nitrogen functional groups attached to an aromatic ring is 1. The summed E-state index contributed by atoms with van der Waals surface area (Å²) in [6.45, 7) is 5.65. The molecule has 0 aliphatic heterocycles. The van der Waals surface area contributed by atoms with Gasteiger partial charge < -0.3 is 15.8 Å². The van der Waals surface area contributed by atoms with Gasteiger partial charge in [0.1, 0.15) is 0 Å². The van der Waals surface area contributed by atoms with Gasteiger partial charge in [0.05, 0.1) is 12.3 Å². The van der Waals surface area contributed by atoms with Crippen molar-refractivity contribution in [1.29, 1.82) is 0 Å². The summed E-state index contributed by atoms with van der Waals surface area (Å²) in [6.07, 6.45) is 0. The Hall–Kier alpha value is -0.650. The molecule has 1 heterocycles. The van der Waals surface area contributed by atoms with E-state index >= 15 is 0 Å². The Bertz CT molecular complexity index is 288. The smallest absolute Gasteiger partial charge is 0.180 e. The number of hydrogen-bond acceptors (Lipinski definition) is 5. The topological polar surface area (TPSA) is 60.2 Å². The third-order valence-corrected chi connectivity index (χ3v) is 3.17. The normalized spacial score (nSPS) is 13.1. The summed E-state index contributed by atoms with van der Waals surface area (Å²) in [7, 11) is 1.70. The molecule has 1 atom stereocenters. The fourth-order valence-corrected chi connectivity index (χ4v) is 2.16. The fourth-order valence-electron chi connectivity index (χ4n) is 1.30. The van der Waals surface area contributed by atoms with Gasteiger partial charge >= 0.3 is 0 Å². The van der Waals surface area contributed by atoms with Crippen LogP contribution >= 0.6 is 11.3 Å². The van der Waals surface area contributed by atoms with Crippen molar-refractivity contribution in [2.75, 3.05) is 26.0 Å². The van der Waals surface area contributed by atoms with Crippen LogP contribution in [0.25, 0.3) is 0 Å². The van der Waals surface area contributed by atoms with Crippen molar-refractivity contribution < 1.29 is 4.74 Å². The van der Waals surface area contributed by atoms with Crippen molar-refractivity contribution in [2.45, 2.75) is 19.9 Å². The first-order chi connectivity index (χ1) is 6.65. The SMILES string of the molecule is COCCNC(C)c1sc(N)nc1C. The van der Waals surface area contributed by atoms with E-state index < -0.39 is 0 Å². The van der Waals surface area contributed by atoms with E-state index in [-0.39, 0.29) is 0 Å². The number of aromatic nitrogens is 1. The second-order valence-electron chi connectivity index (χ2n) is 3.17. The zero-order valence-electron chi connectivity index (χ0n) is 8.83. The molecule has 5 heteroatoms. The van der Waals surface area contributed by atoms with Crippen LogP contribution in [0.2, 0.25) is 0 Å². The van der Waals surface area contributed by atoms with E-state index in [9.17, 15) is 0 Å². The van der Waals surface area contributed by atoms with Gasteiger partial charge in [0.2, 0.25) is 0 Å². The number of nitrogens with zero attached hydrogens (tertiary/aromatic N) is 1. The van der Waals surface area contributed by atoms with Crippen LogP contribution in [0.5, 0.6) is 0 Å². The summed E-state index contributed by atoms with van der Waals surface area (Å²) in [6, 6.07) is 0.292. The first kappa shape index (κ1) is 11.4. The maximum absolute atomic E-state index is 5.63. The Morgan fingerprint density at radius 3 is 2.86 bits per heavy atom. The lowest BCUT2D eigenvalue weighted by molar-refractivity contribution is 0.196. The maximum Gasteiger partial charge on any atom is 0.180 e. The highest BCUT2D eigenvalue weighted by Crippen LogP contribution is 2.25.